The predicted octanol–water partition coefficient (Wildman–Crippen LogP) is 5.11. The highest BCUT2D eigenvalue weighted by Gasteiger charge is 2.18. The molecule has 0 bridgehead atoms. The SMILES string of the molecule is CSc1cccc(NC(=O)CSc2nc3c(sc4ncccc43)c(=O)n2CC(C)C)c1. The number of thiophene rings is 1. The van der Waals surface area contributed by atoms with E-state index in [0.717, 1.165) is 20.8 Å². The lowest BCUT2D eigenvalue weighted by molar-refractivity contribution is -0.113. The Labute approximate surface area is 192 Å². The Morgan fingerprint density at radius 1 is 1.26 bits per heavy atom. The smallest absolute Gasteiger partial charge is 0.272 e. The molecule has 6 nitrogen and oxygen atoms in total. The molecular formula is C22H22N4O2S3. The zero-order chi connectivity index (χ0) is 22.0. The van der Waals surface area contributed by atoms with Gasteiger partial charge < -0.3 is 5.32 Å². The van der Waals surface area contributed by atoms with Crippen molar-refractivity contribution >= 4 is 66.9 Å². The summed E-state index contributed by atoms with van der Waals surface area (Å²) >= 11 is 4.28. The van der Waals surface area contributed by atoms with Crippen LogP contribution in [0.25, 0.3) is 20.4 Å². The second-order valence-electron chi connectivity index (χ2n) is 7.41. The van der Waals surface area contributed by atoms with Crippen LogP contribution in [0.15, 0.2) is 57.4 Å². The number of thioether (sulfide) groups is 2. The number of hydrogen-bond donors (Lipinski definition) is 1. The third-order valence-electron chi connectivity index (χ3n) is 4.55. The minimum atomic E-state index is -0.134. The average Bonchev–Trinajstić information content (AvgIpc) is 3.13. The van der Waals surface area contributed by atoms with Gasteiger partial charge in [-0.3, -0.25) is 14.2 Å². The molecule has 0 atom stereocenters. The maximum atomic E-state index is 13.3. The van der Waals surface area contributed by atoms with Gasteiger partial charge in [0.15, 0.2) is 5.16 Å². The summed E-state index contributed by atoms with van der Waals surface area (Å²) < 4.78 is 2.30. The lowest BCUT2D eigenvalue weighted by Crippen LogP contribution is -2.25. The number of carbonyl (C=O) groups is 1. The minimum Gasteiger partial charge on any atom is -0.325 e. The summed E-state index contributed by atoms with van der Waals surface area (Å²) in [4.78, 5) is 36.9. The van der Waals surface area contributed by atoms with Gasteiger partial charge in [0.25, 0.3) is 5.56 Å². The number of nitrogens with zero attached hydrogens (tertiary/aromatic N) is 3. The van der Waals surface area contributed by atoms with Gasteiger partial charge in [-0.05, 0) is 42.5 Å². The van der Waals surface area contributed by atoms with Crippen LogP contribution in [0.4, 0.5) is 5.69 Å². The van der Waals surface area contributed by atoms with Crippen LogP contribution in [-0.2, 0) is 11.3 Å². The van der Waals surface area contributed by atoms with E-state index in [-0.39, 0.29) is 23.1 Å². The van der Waals surface area contributed by atoms with Gasteiger partial charge in [0.1, 0.15) is 9.53 Å². The van der Waals surface area contributed by atoms with Crippen LogP contribution in [0.2, 0.25) is 0 Å². The molecule has 4 aromatic rings. The molecule has 31 heavy (non-hydrogen) atoms. The number of fused-ring (bicyclic) bond motifs is 3. The van der Waals surface area contributed by atoms with Gasteiger partial charge in [0, 0.05) is 28.7 Å². The summed E-state index contributed by atoms with van der Waals surface area (Å²) in [5, 5.41) is 4.36. The zero-order valence-corrected chi connectivity index (χ0v) is 19.9. The number of amides is 1. The molecule has 0 fully saturated rings. The second-order valence-corrected chi connectivity index (χ2v) is 10.2. The van der Waals surface area contributed by atoms with Crippen molar-refractivity contribution in [2.75, 3.05) is 17.3 Å². The Bertz CT molecular complexity index is 1310. The topological polar surface area (TPSA) is 76.9 Å². The standard InChI is InChI=1S/C22H22N4O2S3/c1-13(2)11-26-21(28)19-18(16-8-5-9-23-20(16)31-19)25-22(26)30-12-17(27)24-14-6-4-7-15(10-14)29-3/h4-10,13H,11-12H2,1-3H3,(H,24,27). The lowest BCUT2D eigenvalue weighted by Gasteiger charge is -2.14. The van der Waals surface area contributed by atoms with E-state index < -0.39 is 0 Å². The van der Waals surface area contributed by atoms with Crippen LogP contribution in [0.3, 0.4) is 0 Å². The Morgan fingerprint density at radius 3 is 2.87 bits per heavy atom. The summed E-state index contributed by atoms with van der Waals surface area (Å²) in [6.45, 7) is 4.66. The quantitative estimate of drug-likeness (QED) is 0.299. The first-order chi connectivity index (χ1) is 15.0. The van der Waals surface area contributed by atoms with Crippen molar-refractivity contribution in [1.29, 1.82) is 0 Å². The molecule has 1 N–H and O–H groups in total. The van der Waals surface area contributed by atoms with E-state index in [1.165, 1.54) is 23.1 Å². The first-order valence-corrected chi connectivity index (χ1v) is 12.8. The molecule has 0 unspecified atom stereocenters. The molecule has 0 radical (unpaired) electrons. The molecule has 0 aliphatic carbocycles. The molecule has 0 spiro atoms. The average molecular weight is 471 g/mol. The van der Waals surface area contributed by atoms with Gasteiger partial charge in [0.05, 0.1) is 11.3 Å². The van der Waals surface area contributed by atoms with Crippen molar-refractivity contribution in [2.24, 2.45) is 5.92 Å². The van der Waals surface area contributed by atoms with Crippen LogP contribution in [0, 0.1) is 5.92 Å². The van der Waals surface area contributed by atoms with Crippen LogP contribution in [-0.4, -0.2) is 32.5 Å². The van der Waals surface area contributed by atoms with Crippen LogP contribution in [0.5, 0.6) is 0 Å². The van der Waals surface area contributed by atoms with E-state index >= 15 is 0 Å². The molecule has 3 heterocycles. The van der Waals surface area contributed by atoms with Gasteiger partial charge >= 0.3 is 0 Å². The first-order valence-electron chi connectivity index (χ1n) is 9.81. The van der Waals surface area contributed by atoms with Crippen molar-refractivity contribution in [3.05, 3.63) is 52.9 Å². The van der Waals surface area contributed by atoms with Gasteiger partial charge in [-0.2, -0.15) is 0 Å². The van der Waals surface area contributed by atoms with Crippen molar-refractivity contribution in [1.82, 2.24) is 14.5 Å². The van der Waals surface area contributed by atoms with Gasteiger partial charge in [-0.25, -0.2) is 9.97 Å². The van der Waals surface area contributed by atoms with Gasteiger partial charge in [-0.1, -0.05) is 31.7 Å². The summed E-state index contributed by atoms with van der Waals surface area (Å²) in [5.74, 6) is 0.303. The highest BCUT2D eigenvalue weighted by molar-refractivity contribution is 7.99. The van der Waals surface area contributed by atoms with Crippen molar-refractivity contribution in [3.63, 3.8) is 0 Å². The van der Waals surface area contributed by atoms with E-state index in [2.05, 4.69) is 24.1 Å². The Kier molecular flexibility index (Phi) is 6.64. The number of hydrogen-bond acceptors (Lipinski definition) is 7. The molecule has 1 amide bonds. The van der Waals surface area contributed by atoms with E-state index in [1.807, 2.05) is 42.7 Å². The fourth-order valence-electron chi connectivity index (χ4n) is 3.21. The molecule has 160 valence electrons. The van der Waals surface area contributed by atoms with Crippen LogP contribution < -0.4 is 10.9 Å². The Morgan fingerprint density at radius 2 is 2.10 bits per heavy atom. The first kappa shape index (κ1) is 21.9. The normalized spacial score (nSPS) is 11.5. The fraction of sp³-hybridized carbons (Fsp3) is 0.273. The largest absolute Gasteiger partial charge is 0.325 e. The molecule has 1 aromatic carbocycles. The number of rotatable bonds is 7. The van der Waals surface area contributed by atoms with Crippen molar-refractivity contribution < 1.29 is 4.79 Å². The third kappa shape index (κ3) is 4.78. The maximum Gasteiger partial charge on any atom is 0.272 e. The second kappa shape index (κ2) is 9.42. The zero-order valence-electron chi connectivity index (χ0n) is 17.4. The number of nitrogens with one attached hydrogen (secondary N) is 1. The number of carbonyl (C=O) groups excluding carboxylic acids is 1. The van der Waals surface area contributed by atoms with E-state index in [9.17, 15) is 9.59 Å². The Hall–Kier alpha value is -2.36. The molecule has 0 saturated heterocycles. The van der Waals surface area contributed by atoms with Gasteiger partial charge in [0.2, 0.25) is 5.91 Å². The highest BCUT2D eigenvalue weighted by Crippen LogP contribution is 2.30. The van der Waals surface area contributed by atoms with Gasteiger partial charge in [-0.15, -0.1) is 23.1 Å². The highest BCUT2D eigenvalue weighted by atomic mass is 32.2. The molecule has 9 heteroatoms. The van der Waals surface area contributed by atoms with Crippen molar-refractivity contribution in [2.45, 2.75) is 30.4 Å². The number of aromatic nitrogens is 3. The van der Waals surface area contributed by atoms with Crippen LogP contribution >= 0.6 is 34.9 Å². The monoisotopic (exact) mass is 470 g/mol. The van der Waals surface area contributed by atoms with E-state index in [4.69, 9.17) is 4.98 Å². The van der Waals surface area contributed by atoms with Crippen molar-refractivity contribution in [3.8, 4) is 0 Å². The minimum absolute atomic E-state index is 0.0720. The summed E-state index contributed by atoms with van der Waals surface area (Å²) in [7, 11) is 0. The molecule has 0 saturated carbocycles. The van der Waals surface area contributed by atoms with E-state index in [1.54, 1.807) is 22.5 Å². The molecular weight excluding hydrogens is 448 g/mol. The predicted molar refractivity (Wildman–Crippen MR) is 132 cm³/mol. The summed E-state index contributed by atoms with van der Waals surface area (Å²) in [6.07, 6.45) is 3.71. The molecule has 0 aliphatic heterocycles. The van der Waals surface area contributed by atoms with Crippen LogP contribution in [0.1, 0.15) is 13.8 Å². The molecule has 4 rings (SSSR count). The Balaban J connectivity index is 1.64. The summed E-state index contributed by atoms with van der Waals surface area (Å²) in [6, 6.07) is 11.5. The number of benzene rings is 1. The lowest BCUT2D eigenvalue weighted by atomic mass is 10.2. The number of anilines is 1. The summed E-state index contributed by atoms with van der Waals surface area (Å²) in [5.41, 5.74) is 1.35. The van der Waals surface area contributed by atoms with E-state index in [0.29, 0.717) is 21.9 Å². The molecule has 0 aliphatic rings. The molecule has 3 aromatic heterocycles. The number of pyridine rings is 1. The fourth-order valence-corrected chi connectivity index (χ4v) is 5.50. The third-order valence-corrected chi connectivity index (χ3v) is 7.34. The maximum absolute atomic E-state index is 13.3.